The number of hydrogen-bond donors (Lipinski definition) is 1. The Bertz CT molecular complexity index is 585. The lowest BCUT2D eigenvalue weighted by atomic mass is 9.90. The second-order valence-corrected chi connectivity index (χ2v) is 7.00. The molecule has 2 aliphatic rings. The summed E-state index contributed by atoms with van der Waals surface area (Å²) in [4.78, 5) is 0. The number of ether oxygens (including phenoxy) is 2. The monoisotopic (exact) mass is 286 g/mol. The zero-order valence-corrected chi connectivity index (χ0v) is 12.7. The van der Waals surface area contributed by atoms with Crippen LogP contribution in [0.1, 0.15) is 51.1 Å². The minimum atomic E-state index is -0.246. The third kappa shape index (κ3) is 2.98. The van der Waals surface area contributed by atoms with E-state index in [1.807, 2.05) is 18.2 Å². The maximum Gasteiger partial charge on any atom is 0.128 e. The highest BCUT2D eigenvalue weighted by Gasteiger charge is 2.43. The van der Waals surface area contributed by atoms with Crippen LogP contribution in [0, 0.1) is 16.7 Å². The van der Waals surface area contributed by atoms with E-state index in [4.69, 9.17) is 20.5 Å². The van der Waals surface area contributed by atoms with Crippen LogP contribution in [0.4, 0.5) is 0 Å². The number of rotatable bonds is 4. The molecule has 1 fully saturated rings. The van der Waals surface area contributed by atoms with E-state index in [9.17, 15) is 0 Å². The molecular weight excluding hydrogens is 264 g/mol. The van der Waals surface area contributed by atoms with E-state index < -0.39 is 0 Å². The Morgan fingerprint density at radius 2 is 2.19 bits per heavy atom. The first-order chi connectivity index (χ1) is 9.93. The summed E-state index contributed by atoms with van der Waals surface area (Å²) >= 11 is 0. The molecule has 2 N–H and O–H groups in total. The molecule has 1 atom stereocenters. The summed E-state index contributed by atoms with van der Waals surface area (Å²) < 4.78 is 11.9. The number of nitrogens with zero attached hydrogens (tertiary/aromatic N) is 1. The minimum Gasteiger partial charge on any atom is -0.493 e. The zero-order chi connectivity index (χ0) is 15.1. The third-order valence-electron chi connectivity index (χ3n) is 4.44. The first kappa shape index (κ1) is 14.2. The van der Waals surface area contributed by atoms with E-state index in [0.29, 0.717) is 13.0 Å². The van der Waals surface area contributed by atoms with Crippen LogP contribution >= 0.6 is 0 Å². The van der Waals surface area contributed by atoms with Crippen molar-refractivity contribution in [1.82, 2.24) is 0 Å². The lowest BCUT2D eigenvalue weighted by Crippen LogP contribution is -2.37. The van der Waals surface area contributed by atoms with Crippen molar-refractivity contribution in [2.45, 2.75) is 51.2 Å². The first-order valence-corrected chi connectivity index (χ1v) is 7.51. The van der Waals surface area contributed by atoms with Gasteiger partial charge < -0.3 is 15.2 Å². The molecule has 1 heterocycles. The fourth-order valence-electron chi connectivity index (χ4n) is 2.93. The quantitative estimate of drug-likeness (QED) is 0.922. The highest BCUT2D eigenvalue weighted by Crippen LogP contribution is 2.49. The first-order valence-electron chi connectivity index (χ1n) is 7.51. The van der Waals surface area contributed by atoms with Crippen molar-refractivity contribution in [3.8, 4) is 17.6 Å². The molecule has 1 aliphatic carbocycles. The van der Waals surface area contributed by atoms with Gasteiger partial charge >= 0.3 is 0 Å². The molecule has 4 heteroatoms. The van der Waals surface area contributed by atoms with Gasteiger partial charge in [-0.2, -0.15) is 5.26 Å². The highest BCUT2D eigenvalue weighted by molar-refractivity contribution is 5.44. The molecule has 0 amide bonds. The van der Waals surface area contributed by atoms with Crippen molar-refractivity contribution in [2.75, 3.05) is 6.61 Å². The van der Waals surface area contributed by atoms with Gasteiger partial charge in [-0.1, -0.05) is 6.07 Å². The van der Waals surface area contributed by atoms with Crippen LogP contribution in [-0.2, 0) is 0 Å². The number of hydrogen-bond acceptors (Lipinski definition) is 4. The van der Waals surface area contributed by atoms with Crippen LogP contribution in [0.2, 0.25) is 0 Å². The predicted molar refractivity (Wildman–Crippen MR) is 80.1 cm³/mol. The second-order valence-electron chi connectivity index (χ2n) is 7.00. The van der Waals surface area contributed by atoms with Crippen LogP contribution in [0.25, 0.3) is 0 Å². The number of nitriles is 1. The van der Waals surface area contributed by atoms with Gasteiger partial charge in [-0.05, 0) is 32.8 Å². The Labute approximate surface area is 125 Å². The fourth-order valence-corrected chi connectivity index (χ4v) is 2.93. The van der Waals surface area contributed by atoms with Crippen LogP contribution in [0.3, 0.4) is 0 Å². The lowest BCUT2D eigenvalue weighted by Gasteiger charge is -2.36. The van der Waals surface area contributed by atoms with Crippen molar-refractivity contribution in [3.63, 3.8) is 0 Å². The summed E-state index contributed by atoms with van der Waals surface area (Å²) in [6.45, 7) is 4.71. The largest absolute Gasteiger partial charge is 0.493 e. The maximum atomic E-state index is 8.84. The molecule has 0 saturated heterocycles. The summed E-state index contributed by atoms with van der Waals surface area (Å²) in [5, 5.41) is 8.84. The van der Waals surface area contributed by atoms with Crippen molar-refractivity contribution < 1.29 is 9.47 Å². The highest BCUT2D eigenvalue weighted by atomic mass is 16.5. The molecule has 0 radical (unpaired) electrons. The van der Waals surface area contributed by atoms with Gasteiger partial charge in [0.1, 0.15) is 17.1 Å². The van der Waals surface area contributed by atoms with Crippen molar-refractivity contribution >= 4 is 0 Å². The minimum absolute atomic E-state index is 0.00571. The van der Waals surface area contributed by atoms with Crippen LogP contribution in [-0.4, -0.2) is 12.2 Å². The summed E-state index contributed by atoms with van der Waals surface area (Å²) in [5.41, 5.74) is 7.09. The molecule has 4 nitrogen and oxygen atoms in total. The summed E-state index contributed by atoms with van der Waals surface area (Å²) in [7, 11) is 0. The van der Waals surface area contributed by atoms with E-state index in [0.717, 1.165) is 36.3 Å². The second kappa shape index (κ2) is 4.92. The van der Waals surface area contributed by atoms with Crippen molar-refractivity contribution in [1.29, 1.82) is 5.26 Å². The SMILES string of the molecule is CC1(C)CC(N)c2ccc(OCC3(CC#N)CC3)cc2O1. The summed E-state index contributed by atoms with van der Waals surface area (Å²) in [5.74, 6) is 1.62. The number of fused-ring (bicyclic) bond motifs is 1. The van der Waals surface area contributed by atoms with E-state index in [2.05, 4.69) is 19.9 Å². The maximum absolute atomic E-state index is 8.84. The average Bonchev–Trinajstić information content (AvgIpc) is 3.15. The van der Waals surface area contributed by atoms with E-state index >= 15 is 0 Å². The van der Waals surface area contributed by atoms with Crippen LogP contribution in [0.15, 0.2) is 18.2 Å². The summed E-state index contributed by atoms with van der Waals surface area (Å²) in [6, 6.07) is 8.13. The van der Waals surface area contributed by atoms with E-state index in [1.165, 1.54) is 0 Å². The van der Waals surface area contributed by atoms with Gasteiger partial charge in [0.15, 0.2) is 0 Å². The zero-order valence-electron chi connectivity index (χ0n) is 12.7. The Kier molecular flexibility index (Phi) is 3.33. The number of benzene rings is 1. The topological polar surface area (TPSA) is 68.3 Å². The normalized spacial score (nSPS) is 24.4. The Morgan fingerprint density at radius 1 is 1.43 bits per heavy atom. The smallest absolute Gasteiger partial charge is 0.128 e. The molecule has 1 aromatic carbocycles. The average molecular weight is 286 g/mol. The number of nitrogens with two attached hydrogens (primary N) is 1. The van der Waals surface area contributed by atoms with Crippen LogP contribution in [0.5, 0.6) is 11.5 Å². The molecule has 0 spiro atoms. The molecule has 112 valence electrons. The van der Waals surface area contributed by atoms with E-state index in [-0.39, 0.29) is 17.1 Å². The lowest BCUT2D eigenvalue weighted by molar-refractivity contribution is 0.0723. The molecule has 1 aromatic rings. The molecular formula is C17H22N2O2. The molecule has 1 aliphatic heterocycles. The predicted octanol–water partition coefficient (Wildman–Crippen LogP) is 3.32. The van der Waals surface area contributed by atoms with Crippen molar-refractivity contribution in [3.05, 3.63) is 23.8 Å². The van der Waals surface area contributed by atoms with Gasteiger partial charge in [-0.25, -0.2) is 0 Å². The van der Waals surface area contributed by atoms with Gasteiger partial charge in [-0.15, -0.1) is 0 Å². The molecule has 1 unspecified atom stereocenters. The molecule has 0 bridgehead atoms. The molecule has 21 heavy (non-hydrogen) atoms. The van der Waals surface area contributed by atoms with Crippen molar-refractivity contribution in [2.24, 2.45) is 11.1 Å². The Morgan fingerprint density at radius 3 is 2.86 bits per heavy atom. The molecule has 0 aromatic heterocycles. The molecule has 1 saturated carbocycles. The fraction of sp³-hybridized carbons (Fsp3) is 0.588. The van der Waals surface area contributed by atoms with Gasteiger partial charge in [0.25, 0.3) is 0 Å². The van der Waals surface area contributed by atoms with Gasteiger partial charge in [0.2, 0.25) is 0 Å². The Balaban J connectivity index is 1.73. The Hall–Kier alpha value is -1.73. The van der Waals surface area contributed by atoms with E-state index in [1.54, 1.807) is 0 Å². The molecule has 3 rings (SSSR count). The van der Waals surface area contributed by atoms with Gasteiger partial charge in [0, 0.05) is 35.9 Å². The van der Waals surface area contributed by atoms with Crippen LogP contribution < -0.4 is 15.2 Å². The third-order valence-corrected chi connectivity index (χ3v) is 4.44. The van der Waals surface area contributed by atoms with Gasteiger partial charge in [0.05, 0.1) is 12.7 Å². The van der Waals surface area contributed by atoms with Gasteiger partial charge in [-0.3, -0.25) is 0 Å². The standard InChI is InChI=1S/C17H22N2O2/c1-16(2)10-14(19)13-4-3-12(9-15(13)21-16)20-11-17(5-6-17)7-8-18/h3-4,9,14H,5-7,10-11,19H2,1-2H3. The summed E-state index contributed by atoms with van der Waals surface area (Å²) in [6.07, 6.45) is 3.55.